The fourth-order valence-corrected chi connectivity index (χ4v) is 2.72. The van der Waals surface area contributed by atoms with Crippen LogP contribution in [0.1, 0.15) is 77.6 Å². The van der Waals surface area contributed by atoms with Crippen LogP contribution in [-0.4, -0.2) is 11.1 Å². The van der Waals surface area contributed by atoms with E-state index in [4.69, 9.17) is 5.11 Å². The molecule has 0 aromatic heterocycles. The number of carboxylic acids is 1. The second kappa shape index (κ2) is 12.1. The maximum absolute atomic E-state index is 10.4. The molecule has 0 aliphatic heterocycles. The minimum absolute atomic E-state index is 0.190. The van der Waals surface area contributed by atoms with E-state index in [9.17, 15) is 4.79 Å². The van der Waals surface area contributed by atoms with Crippen LogP contribution in [0.3, 0.4) is 0 Å². The number of hydrogen-bond acceptors (Lipinski definition) is 1. The summed E-state index contributed by atoms with van der Waals surface area (Å²) in [5, 5.41) is 8.55. The molecule has 1 aliphatic carbocycles. The predicted molar refractivity (Wildman–Crippen MR) is 92.9 cm³/mol. The molecule has 122 valence electrons. The molecule has 0 atom stereocenters. The minimum Gasteiger partial charge on any atom is -0.481 e. The van der Waals surface area contributed by atoms with Gasteiger partial charge in [-0.3, -0.25) is 4.79 Å². The molecule has 2 nitrogen and oxygen atoms in total. The number of rotatable bonds is 11. The van der Waals surface area contributed by atoms with Crippen molar-refractivity contribution >= 4 is 5.97 Å². The van der Waals surface area contributed by atoms with Crippen LogP contribution < -0.4 is 0 Å². The average molecular weight is 302 g/mol. The van der Waals surface area contributed by atoms with Gasteiger partial charge < -0.3 is 5.11 Å². The number of carboxylic acid groups (broad SMARTS) is 1. The third-order valence-corrected chi connectivity index (χ3v) is 4.01. The molecule has 0 heterocycles. The summed E-state index contributed by atoms with van der Waals surface area (Å²) in [4.78, 5) is 10.4. The van der Waals surface area contributed by atoms with Gasteiger partial charge in [0.05, 0.1) is 0 Å². The molecule has 0 saturated heterocycles. The summed E-state index contributed by atoms with van der Waals surface area (Å²) in [5.74, 6) is -0.747. The van der Waals surface area contributed by atoms with Gasteiger partial charge in [-0.15, -0.1) is 5.73 Å². The molecule has 0 aromatic rings. The third kappa shape index (κ3) is 8.69. The van der Waals surface area contributed by atoms with Gasteiger partial charge >= 0.3 is 5.97 Å². The Morgan fingerprint density at radius 3 is 2.82 bits per heavy atom. The Hall–Kier alpha value is -1.53. The zero-order valence-corrected chi connectivity index (χ0v) is 13.9. The molecule has 0 fully saturated rings. The molecule has 0 radical (unpaired) electrons. The molecule has 1 N–H and O–H groups in total. The average Bonchev–Trinajstić information content (AvgIpc) is 2.93. The standard InChI is InChI=1S/C20H30O2/c1-2-3-4-5-6-9-13-18-15-12-16-19(18)14-10-7-8-11-17-20(21)22/h8-10,13H,2-6,11-12,14-17H2,1H3,(H,21,22)/b13-9+. The summed E-state index contributed by atoms with van der Waals surface area (Å²) in [6.07, 6.45) is 20.4. The van der Waals surface area contributed by atoms with E-state index in [-0.39, 0.29) is 6.42 Å². The van der Waals surface area contributed by atoms with Crippen molar-refractivity contribution in [1.29, 1.82) is 0 Å². The first-order chi connectivity index (χ1) is 10.7. The highest BCUT2D eigenvalue weighted by Gasteiger charge is 2.10. The molecule has 2 heteroatoms. The van der Waals surface area contributed by atoms with Gasteiger partial charge in [0.15, 0.2) is 0 Å². The number of aliphatic carboxylic acids is 1. The summed E-state index contributed by atoms with van der Waals surface area (Å²) in [6.45, 7) is 2.25. The molecule has 1 rings (SSSR count). The van der Waals surface area contributed by atoms with Crippen molar-refractivity contribution in [2.45, 2.75) is 77.6 Å². The normalized spacial score (nSPS) is 14.4. The molecule has 0 spiro atoms. The van der Waals surface area contributed by atoms with E-state index in [1.165, 1.54) is 62.5 Å². The molecule has 0 saturated carbocycles. The van der Waals surface area contributed by atoms with Crippen LogP contribution in [0, 0.1) is 0 Å². The SMILES string of the molecule is CCCCCC/C=C/C1=C(CC=C=CCCC(=O)O)CCC1. The van der Waals surface area contributed by atoms with Gasteiger partial charge in [0, 0.05) is 6.42 Å². The smallest absolute Gasteiger partial charge is 0.303 e. The molecule has 0 aromatic carbocycles. The lowest BCUT2D eigenvalue weighted by Crippen LogP contribution is -1.91. The van der Waals surface area contributed by atoms with E-state index in [0.717, 1.165) is 6.42 Å². The molecular formula is C20H30O2. The van der Waals surface area contributed by atoms with Gasteiger partial charge in [0.25, 0.3) is 0 Å². The van der Waals surface area contributed by atoms with Crippen LogP contribution in [0.25, 0.3) is 0 Å². The van der Waals surface area contributed by atoms with Gasteiger partial charge in [0.1, 0.15) is 0 Å². The largest absolute Gasteiger partial charge is 0.481 e. The molecule has 0 amide bonds. The Bertz CT molecular complexity index is 448. The van der Waals surface area contributed by atoms with E-state index >= 15 is 0 Å². The predicted octanol–water partition coefficient (Wildman–Crippen LogP) is 5.96. The topological polar surface area (TPSA) is 37.3 Å². The number of hydrogen-bond donors (Lipinski definition) is 1. The molecular weight excluding hydrogens is 272 g/mol. The number of carbonyl (C=O) groups is 1. The lowest BCUT2D eigenvalue weighted by Gasteiger charge is -1.99. The van der Waals surface area contributed by atoms with Crippen molar-refractivity contribution in [3.05, 3.63) is 41.2 Å². The van der Waals surface area contributed by atoms with Gasteiger partial charge in [-0.25, -0.2) is 0 Å². The van der Waals surface area contributed by atoms with E-state index in [1.807, 2.05) is 12.2 Å². The summed E-state index contributed by atoms with van der Waals surface area (Å²) in [7, 11) is 0. The van der Waals surface area contributed by atoms with Crippen molar-refractivity contribution in [2.24, 2.45) is 0 Å². The highest BCUT2D eigenvalue weighted by atomic mass is 16.4. The van der Waals surface area contributed by atoms with E-state index in [1.54, 1.807) is 0 Å². The maximum Gasteiger partial charge on any atom is 0.303 e. The van der Waals surface area contributed by atoms with Gasteiger partial charge in [-0.2, -0.15) is 0 Å². The first kappa shape index (κ1) is 18.5. The maximum atomic E-state index is 10.4. The lowest BCUT2D eigenvalue weighted by molar-refractivity contribution is -0.136. The first-order valence-electron chi connectivity index (χ1n) is 8.72. The monoisotopic (exact) mass is 302 g/mol. The van der Waals surface area contributed by atoms with Crippen molar-refractivity contribution in [2.75, 3.05) is 0 Å². The van der Waals surface area contributed by atoms with Crippen LogP contribution in [0.4, 0.5) is 0 Å². The van der Waals surface area contributed by atoms with Gasteiger partial charge in [-0.05, 0) is 62.7 Å². The Morgan fingerprint density at radius 2 is 2.05 bits per heavy atom. The second-order valence-electron chi connectivity index (χ2n) is 5.95. The summed E-state index contributed by atoms with van der Waals surface area (Å²) < 4.78 is 0. The third-order valence-electron chi connectivity index (χ3n) is 4.01. The van der Waals surface area contributed by atoms with Crippen molar-refractivity contribution < 1.29 is 9.90 Å². The molecule has 0 unspecified atom stereocenters. The summed E-state index contributed by atoms with van der Waals surface area (Å²) >= 11 is 0. The van der Waals surface area contributed by atoms with Gasteiger partial charge in [0.2, 0.25) is 0 Å². The molecule has 0 bridgehead atoms. The van der Waals surface area contributed by atoms with Crippen molar-refractivity contribution in [3.8, 4) is 0 Å². The van der Waals surface area contributed by atoms with Crippen LogP contribution in [0.5, 0.6) is 0 Å². The van der Waals surface area contributed by atoms with E-state index < -0.39 is 5.97 Å². The van der Waals surface area contributed by atoms with Gasteiger partial charge in [-0.1, -0.05) is 43.9 Å². The Kier molecular flexibility index (Phi) is 10.1. The molecule has 22 heavy (non-hydrogen) atoms. The highest BCUT2D eigenvalue weighted by Crippen LogP contribution is 2.29. The van der Waals surface area contributed by atoms with E-state index in [2.05, 4.69) is 24.8 Å². The second-order valence-corrected chi connectivity index (χ2v) is 5.95. The number of allylic oxidation sites excluding steroid dienone is 5. The quantitative estimate of drug-likeness (QED) is 0.377. The minimum atomic E-state index is -0.747. The Balaban J connectivity index is 2.34. The summed E-state index contributed by atoms with van der Waals surface area (Å²) in [6, 6.07) is 0. The lowest BCUT2D eigenvalue weighted by atomic mass is 10.1. The fraction of sp³-hybridized carbons (Fsp3) is 0.600. The zero-order valence-electron chi connectivity index (χ0n) is 13.9. The van der Waals surface area contributed by atoms with Crippen molar-refractivity contribution in [3.63, 3.8) is 0 Å². The Labute approximate surface area is 135 Å². The van der Waals surface area contributed by atoms with Crippen LogP contribution >= 0.6 is 0 Å². The highest BCUT2D eigenvalue weighted by molar-refractivity contribution is 5.66. The van der Waals surface area contributed by atoms with Crippen LogP contribution in [0.2, 0.25) is 0 Å². The van der Waals surface area contributed by atoms with Crippen LogP contribution in [-0.2, 0) is 4.79 Å². The summed E-state index contributed by atoms with van der Waals surface area (Å²) in [5.41, 5.74) is 6.15. The zero-order chi connectivity index (χ0) is 16.0. The number of unbranched alkanes of at least 4 members (excludes halogenated alkanes) is 4. The van der Waals surface area contributed by atoms with Crippen molar-refractivity contribution in [1.82, 2.24) is 0 Å². The van der Waals surface area contributed by atoms with Crippen LogP contribution in [0.15, 0.2) is 41.2 Å². The van der Waals surface area contributed by atoms with E-state index in [0.29, 0.717) is 6.42 Å². The Morgan fingerprint density at radius 1 is 1.18 bits per heavy atom. The fourth-order valence-electron chi connectivity index (χ4n) is 2.72. The molecule has 1 aliphatic rings. The first-order valence-corrected chi connectivity index (χ1v) is 8.72.